The maximum Gasteiger partial charge on any atom is 0.218 e. The third-order valence-corrected chi connectivity index (χ3v) is 3.04. The lowest BCUT2D eigenvalue weighted by molar-refractivity contribution is -0.117. The number of carbonyl (C=O) groups excluding carboxylic acids is 1. The lowest BCUT2D eigenvalue weighted by Crippen LogP contribution is -2.11. The predicted octanol–water partition coefficient (Wildman–Crippen LogP) is 0.335. The van der Waals surface area contributed by atoms with Crippen LogP contribution in [-0.4, -0.2) is 37.0 Å². The van der Waals surface area contributed by atoms with Crippen molar-refractivity contribution < 1.29 is 9.90 Å². The largest absolute Gasteiger partial charge is 0.508 e. The Bertz CT molecular complexity index is 539. The molecule has 0 saturated carbocycles. The number of benzene rings is 1. The summed E-state index contributed by atoms with van der Waals surface area (Å²) >= 11 is 1.34. The summed E-state index contributed by atoms with van der Waals surface area (Å²) in [5, 5.41) is 21.1. The maximum atomic E-state index is 10.6. The van der Waals surface area contributed by atoms with Crippen LogP contribution in [0.15, 0.2) is 29.4 Å². The minimum atomic E-state index is -0.355. The van der Waals surface area contributed by atoms with Crippen molar-refractivity contribution in [2.24, 2.45) is 5.73 Å². The molecule has 0 atom stereocenters. The third kappa shape index (κ3) is 2.98. The van der Waals surface area contributed by atoms with Crippen molar-refractivity contribution in [1.82, 2.24) is 20.2 Å². The molecule has 0 aliphatic heterocycles. The smallest absolute Gasteiger partial charge is 0.218 e. The molecule has 0 fully saturated rings. The third-order valence-electron chi connectivity index (χ3n) is 2.11. The zero-order chi connectivity index (χ0) is 13.0. The van der Waals surface area contributed by atoms with Crippen molar-refractivity contribution in [1.29, 1.82) is 0 Å². The second kappa shape index (κ2) is 5.50. The van der Waals surface area contributed by atoms with E-state index in [1.165, 1.54) is 16.4 Å². The maximum absolute atomic E-state index is 10.6. The van der Waals surface area contributed by atoms with E-state index < -0.39 is 0 Å². The molecule has 1 amide bonds. The first kappa shape index (κ1) is 12.4. The zero-order valence-corrected chi connectivity index (χ0v) is 10.2. The molecule has 2 rings (SSSR count). The van der Waals surface area contributed by atoms with E-state index in [2.05, 4.69) is 15.5 Å². The number of hydrogen-bond acceptors (Lipinski definition) is 6. The molecular formula is C10H11N5O2S. The monoisotopic (exact) mass is 265 g/mol. The normalized spacial score (nSPS) is 10.4. The van der Waals surface area contributed by atoms with Crippen molar-refractivity contribution in [3.8, 4) is 11.4 Å². The number of amides is 1. The fourth-order valence-electron chi connectivity index (χ4n) is 1.27. The number of phenols is 1. The van der Waals surface area contributed by atoms with Gasteiger partial charge in [-0.2, -0.15) is 4.68 Å². The lowest BCUT2D eigenvalue weighted by Gasteiger charge is -2.03. The molecular weight excluding hydrogens is 254 g/mol. The van der Waals surface area contributed by atoms with Crippen LogP contribution in [0.4, 0.5) is 0 Å². The highest BCUT2D eigenvalue weighted by molar-refractivity contribution is 7.99. The number of tetrazole rings is 1. The van der Waals surface area contributed by atoms with Crippen molar-refractivity contribution in [3.63, 3.8) is 0 Å². The Balaban J connectivity index is 2.12. The van der Waals surface area contributed by atoms with Gasteiger partial charge >= 0.3 is 0 Å². The molecule has 1 aromatic heterocycles. The van der Waals surface area contributed by atoms with Crippen LogP contribution in [0.5, 0.6) is 5.75 Å². The standard InChI is InChI=1S/C10H11N5O2S/c11-9(17)5-6-18-10-12-13-14-15(10)7-1-3-8(16)4-2-7/h1-4,16H,5-6H2,(H2,11,17). The molecule has 0 aliphatic carbocycles. The van der Waals surface area contributed by atoms with Crippen molar-refractivity contribution >= 4 is 17.7 Å². The molecule has 0 aliphatic rings. The van der Waals surface area contributed by atoms with Gasteiger partial charge in [0.25, 0.3) is 0 Å². The first-order valence-corrected chi connectivity index (χ1v) is 6.14. The summed E-state index contributed by atoms with van der Waals surface area (Å²) < 4.78 is 1.53. The first-order chi connectivity index (χ1) is 8.66. The Hall–Kier alpha value is -2.09. The molecule has 2 aromatic rings. The summed E-state index contributed by atoms with van der Waals surface area (Å²) in [7, 11) is 0. The number of phenolic OH excluding ortho intramolecular Hbond substituents is 1. The van der Waals surface area contributed by atoms with Gasteiger partial charge in [-0.1, -0.05) is 11.8 Å². The number of primary amides is 1. The molecule has 0 radical (unpaired) electrons. The van der Waals surface area contributed by atoms with Gasteiger partial charge in [0, 0.05) is 12.2 Å². The fraction of sp³-hybridized carbons (Fsp3) is 0.200. The van der Waals surface area contributed by atoms with Gasteiger partial charge in [-0.15, -0.1) is 5.10 Å². The number of nitrogens with zero attached hydrogens (tertiary/aromatic N) is 4. The SMILES string of the molecule is NC(=O)CCSc1nnnn1-c1ccc(O)cc1. The molecule has 3 N–H and O–H groups in total. The molecule has 0 saturated heterocycles. The Morgan fingerprint density at radius 2 is 2.11 bits per heavy atom. The van der Waals surface area contributed by atoms with Crippen LogP contribution in [0.25, 0.3) is 5.69 Å². The Morgan fingerprint density at radius 3 is 2.78 bits per heavy atom. The summed E-state index contributed by atoms with van der Waals surface area (Å²) in [5.74, 6) is 0.342. The number of aromatic nitrogens is 4. The molecule has 0 spiro atoms. The first-order valence-electron chi connectivity index (χ1n) is 5.15. The summed E-state index contributed by atoms with van der Waals surface area (Å²) in [6, 6.07) is 6.50. The van der Waals surface area contributed by atoms with Gasteiger partial charge in [0.15, 0.2) is 0 Å². The number of carbonyl (C=O) groups is 1. The molecule has 0 bridgehead atoms. The van der Waals surface area contributed by atoms with E-state index >= 15 is 0 Å². The average molecular weight is 265 g/mol. The predicted molar refractivity (Wildman–Crippen MR) is 65.4 cm³/mol. The Kier molecular flexibility index (Phi) is 3.78. The van der Waals surface area contributed by atoms with Crippen LogP contribution in [0, 0.1) is 0 Å². The molecule has 8 heteroatoms. The number of rotatable bonds is 5. The number of thioether (sulfide) groups is 1. The van der Waals surface area contributed by atoms with E-state index in [0.29, 0.717) is 10.9 Å². The van der Waals surface area contributed by atoms with E-state index in [4.69, 9.17) is 5.73 Å². The van der Waals surface area contributed by atoms with Gasteiger partial charge in [0.1, 0.15) is 5.75 Å². The van der Waals surface area contributed by atoms with Gasteiger partial charge in [-0.3, -0.25) is 4.79 Å². The highest BCUT2D eigenvalue weighted by atomic mass is 32.2. The zero-order valence-electron chi connectivity index (χ0n) is 9.35. The van der Waals surface area contributed by atoms with E-state index in [1.807, 2.05) is 0 Å². The van der Waals surface area contributed by atoms with Crippen LogP contribution in [0.3, 0.4) is 0 Å². The molecule has 0 unspecified atom stereocenters. The van der Waals surface area contributed by atoms with Crippen LogP contribution >= 0.6 is 11.8 Å². The second-order valence-corrected chi connectivity index (χ2v) is 4.52. The number of nitrogens with two attached hydrogens (primary N) is 1. The van der Waals surface area contributed by atoms with E-state index in [1.54, 1.807) is 24.3 Å². The lowest BCUT2D eigenvalue weighted by atomic mass is 10.3. The quantitative estimate of drug-likeness (QED) is 0.755. The van der Waals surface area contributed by atoms with Gasteiger partial charge in [0.2, 0.25) is 11.1 Å². The van der Waals surface area contributed by atoms with Crippen LogP contribution in [0.1, 0.15) is 6.42 Å². The van der Waals surface area contributed by atoms with Gasteiger partial charge in [0.05, 0.1) is 5.69 Å². The van der Waals surface area contributed by atoms with Crippen LogP contribution < -0.4 is 5.73 Å². The van der Waals surface area contributed by atoms with E-state index in [9.17, 15) is 9.90 Å². The Labute approximate surface area is 107 Å². The average Bonchev–Trinajstić information content (AvgIpc) is 2.78. The summed E-state index contributed by atoms with van der Waals surface area (Å²) in [6.07, 6.45) is 0.271. The molecule has 7 nitrogen and oxygen atoms in total. The molecule has 1 aromatic carbocycles. The van der Waals surface area contributed by atoms with Gasteiger partial charge in [-0.05, 0) is 34.7 Å². The van der Waals surface area contributed by atoms with Crippen molar-refractivity contribution in [2.45, 2.75) is 11.6 Å². The highest BCUT2D eigenvalue weighted by Gasteiger charge is 2.09. The highest BCUT2D eigenvalue weighted by Crippen LogP contribution is 2.20. The summed E-state index contributed by atoms with van der Waals surface area (Å²) in [6.45, 7) is 0. The summed E-state index contributed by atoms with van der Waals surface area (Å²) in [4.78, 5) is 10.6. The minimum Gasteiger partial charge on any atom is -0.508 e. The van der Waals surface area contributed by atoms with E-state index in [0.717, 1.165) is 5.69 Å². The minimum absolute atomic E-state index is 0.176. The van der Waals surface area contributed by atoms with Crippen LogP contribution in [0.2, 0.25) is 0 Å². The van der Waals surface area contributed by atoms with Crippen LogP contribution in [-0.2, 0) is 4.79 Å². The number of aromatic hydroxyl groups is 1. The summed E-state index contributed by atoms with van der Waals surface area (Å²) in [5.41, 5.74) is 5.79. The van der Waals surface area contributed by atoms with Crippen molar-refractivity contribution in [3.05, 3.63) is 24.3 Å². The van der Waals surface area contributed by atoms with Gasteiger partial charge in [-0.25, -0.2) is 0 Å². The fourth-order valence-corrected chi connectivity index (χ4v) is 2.11. The topological polar surface area (TPSA) is 107 Å². The van der Waals surface area contributed by atoms with Gasteiger partial charge < -0.3 is 10.8 Å². The van der Waals surface area contributed by atoms with E-state index in [-0.39, 0.29) is 18.1 Å². The van der Waals surface area contributed by atoms with Crippen molar-refractivity contribution in [2.75, 3.05) is 5.75 Å². The number of hydrogen-bond donors (Lipinski definition) is 2. The second-order valence-electron chi connectivity index (χ2n) is 3.45. The molecule has 18 heavy (non-hydrogen) atoms. The Morgan fingerprint density at radius 1 is 1.39 bits per heavy atom. The molecule has 94 valence electrons. The molecule has 1 heterocycles.